The molecule has 2 N–H and O–H groups in total. The van der Waals surface area contributed by atoms with Crippen LogP contribution in [0.3, 0.4) is 0 Å². The van der Waals surface area contributed by atoms with Crippen molar-refractivity contribution in [3.05, 3.63) is 29.8 Å². The van der Waals surface area contributed by atoms with Crippen molar-refractivity contribution in [3.8, 4) is 5.75 Å². The Bertz CT molecular complexity index is 388. The van der Waals surface area contributed by atoms with Crippen LogP contribution in [-0.2, 0) is 16.0 Å². The van der Waals surface area contributed by atoms with Gasteiger partial charge in [0, 0.05) is 12.7 Å². The standard InChI is InChI=1S/C13H19NO3/c1-13(2,9-17-3)14-12(16)8-10-6-4-5-7-11(10)15/h4-7,15H,8-9H2,1-3H3,(H,14,16). The van der Waals surface area contributed by atoms with Gasteiger partial charge in [-0.2, -0.15) is 0 Å². The highest BCUT2D eigenvalue weighted by Gasteiger charge is 2.20. The number of methoxy groups -OCH3 is 1. The van der Waals surface area contributed by atoms with Crippen LogP contribution >= 0.6 is 0 Å². The molecule has 1 aromatic carbocycles. The van der Waals surface area contributed by atoms with Crippen LogP contribution in [0.4, 0.5) is 0 Å². The predicted molar refractivity (Wildman–Crippen MR) is 65.9 cm³/mol. The summed E-state index contributed by atoms with van der Waals surface area (Å²) in [6.07, 6.45) is 0.166. The summed E-state index contributed by atoms with van der Waals surface area (Å²) in [5, 5.41) is 12.4. The van der Waals surface area contributed by atoms with Crippen LogP contribution in [0.5, 0.6) is 5.75 Å². The van der Waals surface area contributed by atoms with Gasteiger partial charge in [0.2, 0.25) is 5.91 Å². The van der Waals surface area contributed by atoms with Gasteiger partial charge in [-0.25, -0.2) is 0 Å². The second-order valence-corrected chi connectivity index (χ2v) is 4.67. The third kappa shape index (κ3) is 4.44. The Morgan fingerprint density at radius 2 is 2.06 bits per heavy atom. The van der Waals surface area contributed by atoms with Gasteiger partial charge in [0.05, 0.1) is 18.6 Å². The lowest BCUT2D eigenvalue weighted by Gasteiger charge is -2.25. The van der Waals surface area contributed by atoms with E-state index in [0.717, 1.165) is 0 Å². The summed E-state index contributed by atoms with van der Waals surface area (Å²) in [6.45, 7) is 4.22. The zero-order chi connectivity index (χ0) is 12.9. The number of hydrogen-bond acceptors (Lipinski definition) is 3. The Balaban J connectivity index is 2.59. The van der Waals surface area contributed by atoms with Crippen LogP contribution in [0.15, 0.2) is 24.3 Å². The molecule has 0 aliphatic rings. The molecule has 1 aromatic rings. The summed E-state index contributed by atoms with van der Waals surface area (Å²) < 4.78 is 5.02. The Labute approximate surface area is 102 Å². The van der Waals surface area contributed by atoms with E-state index in [-0.39, 0.29) is 18.1 Å². The number of nitrogens with one attached hydrogen (secondary N) is 1. The summed E-state index contributed by atoms with van der Waals surface area (Å²) in [6, 6.07) is 6.83. The molecule has 0 bridgehead atoms. The van der Waals surface area contributed by atoms with Crippen LogP contribution in [0.2, 0.25) is 0 Å². The zero-order valence-electron chi connectivity index (χ0n) is 10.5. The average molecular weight is 237 g/mol. The molecule has 0 heterocycles. The summed E-state index contributed by atoms with van der Waals surface area (Å²) in [5.74, 6) is 0.0146. The van der Waals surface area contributed by atoms with Crippen molar-refractivity contribution in [2.24, 2.45) is 0 Å². The topological polar surface area (TPSA) is 58.6 Å². The molecule has 0 fully saturated rings. The number of para-hydroxylation sites is 1. The summed E-state index contributed by atoms with van der Waals surface area (Å²) in [7, 11) is 1.59. The lowest BCUT2D eigenvalue weighted by Crippen LogP contribution is -2.47. The second kappa shape index (κ2) is 5.68. The van der Waals surface area contributed by atoms with Gasteiger partial charge in [-0.05, 0) is 19.9 Å². The molecule has 0 aliphatic carbocycles. The average Bonchev–Trinajstić information content (AvgIpc) is 2.20. The number of hydrogen-bond donors (Lipinski definition) is 2. The molecule has 17 heavy (non-hydrogen) atoms. The number of benzene rings is 1. The van der Waals surface area contributed by atoms with E-state index in [4.69, 9.17) is 4.74 Å². The Kier molecular flexibility index (Phi) is 4.52. The van der Waals surface area contributed by atoms with Gasteiger partial charge >= 0.3 is 0 Å². The number of carbonyl (C=O) groups excluding carboxylic acids is 1. The first-order valence-corrected chi connectivity index (χ1v) is 5.51. The first-order valence-electron chi connectivity index (χ1n) is 5.51. The van der Waals surface area contributed by atoms with Crippen LogP contribution in [0, 0.1) is 0 Å². The van der Waals surface area contributed by atoms with Crippen molar-refractivity contribution in [2.45, 2.75) is 25.8 Å². The van der Waals surface area contributed by atoms with E-state index in [1.807, 2.05) is 13.8 Å². The number of phenolic OH excluding ortho intramolecular Hbond substituents is 1. The minimum atomic E-state index is -0.407. The van der Waals surface area contributed by atoms with E-state index in [1.54, 1.807) is 31.4 Å². The number of amides is 1. The summed E-state index contributed by atoms with van der Waals surface area (Å²) in [4.78, 5) is 11.8. The highest BCUT2D eigenvalue weighted by atomic mass is 16.5. The minimum Gasteiger partial charge on any atom is -0.508 e. The van der Waals surface area contributed by atoms with Gasteiger partial charge in [-0.3, -0.25) is 4.79 Å². The van der Waals surface area contributed by atoms with E-state index < -0.39 is 5.54 Å². The van der Waals surface area contributed by atoms with Crippen molar-refractivity contribution < 1.29 is 14.6 Å². The normalized spacial score (nSPS) is 11.2. The Morgan fingerprint density at radius 3 is 2.65 bits per heavy atom. The van der Waals surface area contributed by atoms with Crippen molar-refractivity contribution in [1.29, 1.82) is 0 Å². The van der Waals surface area contributed by atoms with Crippen molar-refractivity contribution in [2.75, 3.05) is 13.7 Å². The molecule has 0 aromatic heterocycles. The highest BCUT2D eigenvalue weighted by molar-refractivity contribution is 5.80. The van der Waals surface area contributed by atoms with Gasteiger partial charge in [-0.1, -0.05) is 18.2 Å². The smallest absolute Gasteiger partial charge is 0.225 e. The Morgan fingerprint density at radius 1 is 1.41 bits per heavy atom. The number of aromatic hydroxyl groups is 1. The van der Waals surface area contributed by atoms with E-state index in [0.29, 0.717) is 12.2 Å². The molecule has 0 unspecified atom stereocenters. The van der Waals surface area contributed by atoms with Crippen LogP contribution in [0.25, 0.3) is 0 Å². The molecule has 0 saturated heterocycles. The molecule has 0 radical (unpaired) electrons. The van der Waals surface area contributed by atoms with E-state index in [2.05, 4.69) is 5.32 Å². The van der Waals surface area contributed by atoms with E-state index in [1.165, 1.54) is 0 Å². The fraction of sp³-hybridized carbons (Fsp3) is 0.462. The molecular weight excluding hydrogens is 218 g/mol. The zero-order valence-corrected chi connectivity index (χ0v) is 10.5. The minimum absolute atomic E-state index is 0.131. The molecule has 0 aliphatic heterocycles. The summed E-state index contributed by atoms with van der Waals surface area (Å²) in [5.41, 5.74) is 0.217. The van der Waals surface area contributed by atoms with Gasteiger partial charge < -0.3 is 15.2 Å². The maximum Gasteiger partial charge on any atom is 0.225 e. The summed E-state index contributed by atoms with van der Waals surface area (Å²) >= 11 is 0. The number of ether oxygens (including phenoxy) is 1. The van der Waals surface area contributed by atoms with Crippen molar-refractivity contribution in [1.82, 2.24) is 5.32 Å². The van der Waals surface area contributed by atoms with Crippen LogP contribution in [-0.4, -0.2) is 30.3 Å². The van der Waals surface area contributed by atoms with Crippen molar-refractivity contribution in [3.63, 3.8) is 0 Å². The number of rotatable bonds is 5. The maximum atomic E-state index is 11.8. The van der Waals surface area contributed by atoms with Gasteiger partial charge in [-0.15, -0.1) is 0 Å². The molecular formula is C13H19NO3. The van der Waals surface area contributed by atoms with E-state index in [9.17, 15) is 9.90 Å². The monoisotopic (exact) mass is 237 g/mol. The lowest BCUT2D eigenvalue weighted by atomic mass is 10.1. The first-order chi connectivity index (χ1) is 7.94. The highest BCUT2D eigenvalue weighted by Crippen LogP contribution is 2.16. The fourth-order valence-corrected chi connectivity index (χ4v) is 1.65. The quantitative estimate of drug-likeness (QED) is 0.815. The van der Waals surface area contributed by atoms with Gasteiger partial charge in [0.25, 0.3) is 0 Å². The SMILES string of the molecule is COCC(C)(C)NC(=O)Cc1ccccc1O. The molecule has 4 nitrogen and oxygen atoms in total. The molecule has 94 valence electrons. The van der Waals surface area contributed by atoms with Crippen molar-refractivity contribution >= 4 is 5.91 Å². The van der Waals surface area contributed by atoms with Crippen LogP contribution in [0.1, 0.15) is 19.4 Å². The van der Waals surface area contributed by atoms with Gasteiger partial charge in [0.15, 0.2) is 0 Å². The molecule has 0 atom stereocenters. The molecule has 0 spiro atoms. The third-order valence-electron chi connectivity index (χ3n) is 2.33. The lowest BCUT2D eigenvalue weighted by molar-refractivity contribution is -0.122. The Hall–Kier alpha value is -1.55. The van der Waals surface area contributed by atoms with Crippen LogP contribution < -0.4 is 5.32 Å². The number of carbonyl (C=O) groups is 1. The molecule has 1 rings (SSSR count). The third-order valence-corrected chi connectivity index (χ3v) is 2.33. The maximum absolute atomic E-state index is 11.8. The first kappa shape index (κ1) is 13.5. The molecule has 1 amide bonds. The number of phenols is 1. The van der Waals surface area contributed by atoms with E-state index >= 15 is 0 Å². The molecule has 0 saturated carbocycles. The second-order valence-electron chi connectivity index (χ2n) is 4.67. The predicted octanol–water partition coefficient (Wildman–Crippen LogP) is 1.48. The molecule has 4 heteroatoms. The largest absolute Gasteiger partial charge is 0.508 e. The van der Waals surface area contributed by atoms with Gasteiger partial charge in [0.1, 0.15) is 5.75 Å². The fourth-order valence-electron chi connectivity index (χ4n) is 1.65.